The summed E-state index contributed by atoms with van der Waals surface area (Å²) in [6.45, 7) is -0.463. The van der Waals surface area contributed by atoms with Crippen LogP contribution in [0.5, 0.6) is 11.5 Å². The molecule has 26 heavy (non-hydrogen) atoms. The maximum absolute atomic E-state index is 14.0. The first-order valence-corrected chi connectivity index (χ1v) is 8.70. The summed E-state index contributed by atoms with van der Waals surface area (Å²) in [5, 5.41) is 0. The molecule has 0 N–H and O–H groups in total. The molecule has 0 fully saturated rings. The smallest absolute Gasteiger partial charge is 0.249 e. The van der Waals surface area contributed by atoms with Gasteiger partial charge in [0.05, 0.1) is 7.11 Å². The Kier molecular flexibility index (Phi) is 6.09. The lowest BCUT2D eigenvalue weighted by Crippen LogP contribution is -2.32. The van der Waals surface area contributed by atoms with Crippen LogP contribution in [-0.2, 0) is 10.0 Å². The SMILES string of the molecule is COc1c(F)c(F)c(S(=O)(=O)N(C)CCOc2ccccc2)c(F)c1F. The van der Waals surface area contributed by atoms with Crippen LogP contribution in [0.25, 0.3) is 0 Å². The van der Waals surface area contributed by atoms with Gasteiger partial charge in [-0.15, -0.1) is 0 Å². The average molecular weight is 393 g/mol. The minimum absolute atomic E-state index is 0.149. The van der Waals surface area contributed by atoms with Crippen molar-refractivity contribution in [2.45, 2.75) is 4.90 Å². The third-order valence-corrected chi connectivity index (χ3v) is 5.35. The van der Waals surface area contributed by atoms with Gasteiger partial charge in [0.25, 0.3) is 0 Å². The molecule has 0 aliphatic carbocycles. The zero-order valence-corrected chi connectivity index (χ0v) is 14.6. The van der Waals surface area contributed by atoms with Gasteiger partial charge in [-0.3, -0.25) is 0 Å². The van der Waals surface area contributed by atoms with E-state index >= 15 is 0 Å². The van der Waals surface area contributed by atoms with Crippen LogP contribution < -0.4 is 9.47 Å². The third kappa shape index (κ3) is 3.75. The van der Waals surface area contributed by atoms with Gasteiger partial charge >= 0.3 is 0 Å². The second-order valence-electron chi connectivity index (χ2n) is 5.11. The van der Waals surface area contributed by atoms with E-state index in [4.69, 9.17) is 4.74 Å². The zero-order valence-electron chi connectivity index (χ0n) is 13.8. The van der Waals surface area contributed by atoms with Gasteiger partial charge in [-0.1, -0.05) is 18.2 Å². The summed E-state index contributed by atoms with van der Waals surface area (Å²) >= 11 is 0. The van der Waals surface area contributed by atoms with E-state index in [2.05, 4.69) is 4.74 Å². The number of halogens is 4. The Bertz CT molecular complexity index is 862. The molecule has 2 aromatic rings. The first-order chi connectivity index (χ1) is 12.2. The highest BCUT2D eigenvalue weighted by Crippen LogP contribution is 2.33. The van der Waals surface area contributed by atoms with Crippen LogP contribution in [0.15, 0.2) is 35.2 Å². The summed E-state index contributed by atoms with van der Waals surface area (Å²) < 4.78 is 90.3. The molecular formula is C16H15F4NO4S. The summed E-state index contributed by atoms with van der Waals surface area (Å²) in [6.07, 6.45) is 0. The highest BCUT2D eigenvalue weighted by atomic mass is 32.2. The summed E-state index contributed by atoms with van der Waals surface area (Å²) in [6, 6.07) is 8.40. The van der Waals surface area contributed by atoms with E-state index in [-0.39, 0.29) is 13.2 Å². The Morgan fingerprint density at radius 1 is 0.962 bits per heavy atom. The summed E-state index contributed by atoms with van der Waals surface area (Å²) in [5.41, 5.74) is 0. The number of nitrogens with zero attached hydrogens (tertiary/aromatic N) is 1. The molecule has 0 radical (unpaired) electrons. The van der Waals surface area contributed by atoms with Gasteiger partial charge in [0.2, 0.25) is 21.7 Å². The fourth-order valence-electron chi connectivity index (χ4n) is 2.08. The van der Waals surface area contributed by atoms with E-state index in [1.165, 1.54) is 0 Å². The molecule has 0 saturated heterocycles. The number of likely N-dealkylation sites (N-methyl/N-ethyl adjacent to an activating group) is 1. The minimum Gasteiger partial charge on any atom is -0.492 e. The van der Waals surface area contributed by atoms with Gasteiger partial charge in [0, 0.05) is 13.6 Å². The molecule has 0 heterocycles. The number of rotatable bonds is 7. The van der Waals surface area contributed by atoms with Crippen molar-refractivity contribution in [3.8, 4) is 11.5 Å². The lowest BCUT2D eigenvalue weighted by atomic mass is 10.3. The van der Waals surface area contributed by atoms with Crippen LogP contribution in [0.2, 0.25) is 0 Å². The van der Waals surface area contributed by atoms with Gasteiger partial charge in [0.1, 0.15) is 12.4 Å². The molecule has 5 nitrogen and oxygen atoms in total. The molecule has 2 aromatic carbocycles. The Balaban J connectivity index is 2.26. The van der Waals surface area contributed by atoms with Crippen LogP contribution in [0, 0.1) is 23.3 Å². The van der Waals surface area contributed by atoms with E-state index in [1.807, 2.05) is 0 Å². The average Bonchev–Trinajstić information content (AvgIpc) is 2.61. The van der Waals surface area contributed by atoms with Crippen molar-refractivity contribution >= 4 is 10.0 Å². The highest BCUT2D eigenvalue weighted by molar-refractivity contribution is 7.89. The van der Waals surface area contributed by atoms with Crippen molar-refractivity contribution in [3.05, 3.63) is 53.6 Å². The van der Waals surface area contributed by atoms with Crippen LogP contribution in [-0.4, -0.2) is 40.0 Å². The summed E-state index contributed by atoms with van der Waals surface area (Å²) in [4.78, 5) is -1.73. The Labute approximate surface area is 147 Å². The van der Waals surface area contributed by atoms with Gasteiger partial charge < -0.3 is 9.47 Å². The monoisotopic (exact) mass is 393 g/mol. The van der Waals surface area contributed by atoms with E-state index in [0.29, 0.717) is 10.1 Å². The second kappa shape index (κ2) is 7.92. The number of methoxy groups -OCH3 is 1. The number of benzene rings is 2. The van der Waals surface area contributed by atoms with E-state index < -0.39 is 43.9 Å². The Morgan fingerprint density at radius 2 is 1.50 bits per heavy atom. The van der Waals surface area contributed by atoms with Crippen molar-refractivity contribution in [1.29, 1.82) is 0 Å². The number of sulfonamides is 1. The first kappa shape index (κ1) is 20.0. The van der Waals surface area contributed by atoms with Gasteiger partial charge in [0.15, 0.2) is 22.3 Å². The summed E-state index contributed by atoms with van der Waals surface area (Å²) in [7, 11) is -3.06. The number of ether oxygens (including phenoxy) is 2. The molecular weight excluding hydrogens is 378 g/mol. The van der Waals surface area contributed by atoms with Gasteiger partial charge in [-0.25, -0.2) is 17.2 Å². The maximum Gasteiger partial charge on any atom is 0.249 e. The Hall–Kier alpha value is -2.33. The van der Waals surface area contributed by atoms with Crippen LogP contribution >= 0.6 is 0 Å². The second-order valence-corrected chi connectivity index (χ2v) is 7.09. The van der Waals surface area contributed by atoms with Crippen LogP contribution in [0.4, 0.5) is 17.6 Å². The van der Waals surface area contributed by atoms with Gasteiger partial charge in [-0.05, 0) is 12.1 Å². The molecule has 0 atom stereocenters. The number of hydrogen-bond acceptors (Lipinski definition) is 4. The zero-order chi connectivity index (χ0) is 19.5. The van der Waals surface area contributed by atoms with Crippen LogP contribution in [0.3, 0.4) is 0 Å². The molecule has 0 unspecified atom stereocenters. The topological polar surface area (TPSA) is 55.8 Å². The molecule has 0 aliphatic rings. The largest absolute Gasteiger partial charge is 0.492 e. The van der Waals surface area contributed by atoms with Crippen molar-refractivity contribution in [3.63, 3.8) is 0 Å². The molecule has 0 spiro atoms. The maximum atomic E-state index is 14.0. The number of para-hydroxylation sites is 1. The van der Waals surface area contributed by atoms with E-state index in [1.54, 1.807) is 30.3 Å². The lowest BCUT2D eigenvalue weighted by Gasteiger charge is -2.19. The first-order valence-electron chi connectivity index (χ1n) is 7.26. The van der Waals surface area contributed by atoms with Crippen molar-refractivity contribution in [1.82, 2.24) is 4.31 Å². The quantitative estimate of drug-likeness (QED) is 0.536. The molecule has 0 bridgehead atoms. The van der Waals surface area contributed by atoms with Crippen molar-refractivity contribution < 1.29 is 35.5 Å². The standard InChI is InChI=1S/C16H15F4NO4S/c1-21(8-9-25-10-6-4-3-5-7-10)26(22,23)16-13(19)11(17)15(24-2)12(18)14(16)20/h3-7H,8-9H2,1-2H3. The predicted molar refractivity (Wildman–Crippen MR) is 84.6 cm³/mol. The molecule has 2 rings (SSSR count). The normalized spacial score (nSPS) is 11.7. The van der Waals surface area contributed by atoms with Gasteiger partial charge in [-0.2, -0.15) is 13.1 Å². The van der Waals surface area contributed by atoms with E-state index in [0.717, 1.165) is 14.2 Å². The predicted octanol–water partition coefficient (Wildman–Crippen LogP) is 2.95. The molecule has 142 valence electrons. The molecule has 10 heteroatoms. The minimum atomic E-state index is -4.86. The highest BCUT2D eigenvalue weighted by Gasteiger charge is 2.36. The fraction of sp³-hybridized carbons (Fsp3) is 0.250. The summed E-state index contributed by atoms with van der Waals surface area (Å²) in [5.74, 6) is -8.86. The number of hydrogen-bond donors (Lipinski definition) is 0. The third-order valence-electron chi connectivity index (χ3n) is 3.47. The lowest BCUT2D eigenvalue weighted by molar-refractivity contribution is 0.284. The molecule has 0 saturated carbocycles. The fourth-order valence-corrected chi connectivity index (χ4v) is 3.34. The molecule has 0 amide bonds. The van der Waals surface area contributed by atoms with Crippen molar-refractivity contribution in [2.75, 3.05) is 27.3 Å². The van der Waals surface area contributed by atoms with Crippen molar-refractivity contribution in [2.24, 2.45) is 0 Å². The Morgan fingerprint density at radius 3 is 2.00 bits per heavy atom. The van der Waals surface area contributed by atoms with Crippen LogP contribution in [0.1, 0.15) is 0 Å². The molecule has 0 aliphatic heterocycles. The molecule has 0 aromatic heterocycles. The van der Waals surface area contributed by atoms with E-state index in [9.17, 15) is 26.0 Å².